The van der Waals surface area contributed by atoms with Gasteiger partial charge in [0, 0.05) is 24.1 Å². The fourth-order valence-corrected chi connectivity index (χ4v) is 2.29. The van der Waals surface area contributed by atoms with E-state index in [0.717, 1.165) is 10.9 Å². The lowest BCUT2D eigenvalue weighted by Crippen LogP contribution is -2.39. The normalized spacial score (nSPS) is 11.2. The predicted octanol–water partition coefficient (Wildman–Crippen LogP) is 2.21. The van der Waals surface area contributed by atoms with Crippen molar-refractivity contribution in [3.63, 3.8) is 0 Å². The third-order valence-electron chi connectivity index (χ3n) is 3.03. The Morgan fingerprint density at radius 1 is 1.22 bits per heavy atom. The molecule has 5 nitrogen and oxygen atoms in total. The number of hydrogen-bond donors (Lipinski definition) is 3. The zero-order valence-corrected chi connectivity index (χ0v) is 15.2. The van der Waals surface area contributed by atoms with E-state index in [9.17, 15) is 9.18 Å². The van der Waals surface area contributed by atoms with Crippen molar-refractivity contribution >= 4 is 27.8 Å². The van der Waals surface area contributed by atoms with E-state index in [1.54, 1.807) is 6.07 Å². The summed E-state index contributed by atoms with van der Waals surface area (Å²) < 4.78 is 14.4. The number of benzene rings is 1. The summed E-state index contributed by atoms with van der Waals surface area (Å²) in [7, 11) is 0. The standard InChI is InChI=1S/C16H24BrFN4O/c1-3-19-15(23)11-22-16(20-4-2)21-9-5-6-12-7-8-13(17)10-14(12)18/h7-8,10H,3-6,9,11H2,1-2H3,(H,19,23)(H2,20,21,22). The molecule has 0 aliphatic heterocycles. The number of rotatable bonds is 8. The fourth-order valence-electron chi connectivity index (χ4n) is 1.96. The van der Waals surface area contributed by atoms with Gasteiger partial charge in [-0.05, 0) is 44.4 Å². The van der Waals surface area contributed by atoms with Crippen LogP contribution in [0.25, 0.3) is 0 Å². The summed E-state index contributed by atoms with van der Waals surface area (Å²) in [6.45, 7) is 5.87. The number of nitrogens with one attached hydrogen (secondary N) is 3. The van der Waals surface area contributed by atoms with E-state index in [0.29, 0.717) is 37.6 Å². The number of nitrogens with zero attached hydrogens (tertiary/aromatic N) is 1. The van der Waals surface area contributed by atoms with Gasteiger partial charge in [-0.25, -0.2) is 9.38 Å². The molecule has 3 N–H and O–H groups in total. The van der Waals surface area contributed by atoms with Gasteiger partial charge in [0.1, 0.15) is 12.4 Å². The largest absolute Gasteiger partial charge is 0.357 e. The number of amides is 1. The van der Waals surface area contributed by atoms with Crippen molar-refractivity contribution in [3.8, 4) is 0 Å². The molecule has 0 fully saturated rings. The second-order valence-corrected chi connectivity index (χ2v) is 5.83. The monoisotopic (exact) mass is 386 g/mol. The van der Waals surface area contributed by atoms with Crippen molar-refractivity contribution in [2.75, 3.05) is 26.2 Å². The Morgan fingerprint density at radius 2 is 1.96 bits per heavy atom. The molecule has 0 aliphatic carbocycles. The number of halogens is 2. The first kappa shape index (κ1) is 19.4. The highest BCUT2D eigenvalue weighted by atomic mass is 79.9. The van der Waals surface area contributed by atoms with E-state index in [-0.39, 0.29) is 18.3 Å². The average Bonchev–Trinajstić information content (AvgIpc) is 2.51. The number of guanidine groups is 1. The topological polar surface area (TPSA) is 65.5 Å². The van der Waals surface area contributed by atoms with E-state index in [4.69, 9.17) is 0 Å². The SMILES string of the molecule is CCNC(=O)CN=C(NCC)NCCCc1ccc(Br)cc1F. The van der Waals surface area contributed by atoms with Gasteiger partial charge in [-0.3, -0.25) is 4.79 Å². The number of hydrogen-bond acceptors (Lipinski definition) is 2. The maximum atomic E-state index is 13.7. The summed E-state index contributed by atoms with van der Waals surface area (Å²) in [6.07, 6.45) is 1.41. The molecule has 0 spiro atoms. The summed E-state index contributed by atoms with van der Waals surface area (Å²) in [5, 5.41) is 8.92. The molecule has 0 radical (unpaired) electrons. The molecule has 1 aromatic rings. The van der Waals surface area contributed by atoms with Crippen LogP contribution < -0.4 is 16.0 Å². The Balaban J connectivity index is 2.40. The van der Waals surface area contributed by atoms with Crippen molar-refractivity contribution in [3.05, 3.63) is 34.1 Å². The maximum absolute atomic E-state index is 13.7. The first-order valence-corrected chi connectivity index (χ1v) is 8.58. The predicted molar refractivity (Wildman–Crippen MR) is 95.1 cm³/mol. The molecule has 0 atom stereocenters. The number of aliphatic imine (C=N–C) groups is 1. The summed E-state index contributed by atoms with van der Waals surface area (Å²) in [4.78, 5) is 15.6. The van der Waals surface area contributed by atoms with Crippen LogP contribution in [0.4, 0.5) is 4.39 Å². The molecule has 0 aliphatic rings. The summed E-state index contributed by atoms with van der Waals surface area (Å²) in [5.41, 5.74) is 0.694. The minimum absolute atomic E-state index is 0.0878. The van der Waals surface area contributed by atoms with Crippen molar-refractivity contribution in [2.24, 2.45) is 4.99 Å². The highest BCUT2D eigenvalue weighted by molar-refractivity contribution is 9.10. The Morgan fingerprint density at radius 3 is 2.61 bits per heavy atom. The van der Waals surface area contributed by atoms with Crippen LogP contribution in [0.3, 0.4) is 0 Å². The van der Waals surface area contributed by atoms with Gasteiger partial charge in [0.15, 0.2) is 5.96 Å². The number of carbonyl (C=O) groups excluding carboxylic acids is 1. The van der Waals surface area contributed by atoms with Crippen molar-refractivity contribution < 1.29 is 9.18 Å². The van der Waals surface area contributed by atoms with Crippen LogP contribution in [0.15, 0.2) is 27.7 Å². The van der Waals surface area contributed by atoms with Crippen LogP contribution in [-0.2, 0) is 11.2 Å². The highest BCUT2D eigenvalue weighted by Crippen LogP contribution is 2.16. The van der Waals surface area contributed by atoms with E-state index in [1.807, 2.05) is 19.9 Å². The van der Waals surface area contributed by atoms with Crippen molar-refractivity contribution in [1.82, 2.24) is 16.0 Å². The lowest BCUT2D eigenvalue weighted by molar-refractivity contribution is -0.119. The highest BCUT2D eigenvalue weighted by Gasteiger charge is 2.04. The van der Waals surface area contributed by atoms with E-state index in [2.05, 4.69) is 36.9 Å². The van der Waals surface area contributed by atoms with E-state index < -0.39 is 0 Å². The Labute approximate surface area is 145 Å². The third-order valence-corrected chi connectivity index (χ3v) is 3.52. The van der Waals surface area contributed by atoms with Crippen LogP contribution in [0.5, 0.6) is 0 Å². The van der Waals surface area contributed by atoms with Crippen molar-refractivity contribution in [1.29, 1.82) is 0 Å². The van der Waals surface area contributed by atoms with Gasteiger partial charge in [0.25, 0.3) is 0 Å². The molecule has 1 aromatic carbocycles. The van der Waals surface area contributed by atoms with Gasteiger partial charge in [0.2, 0.25) is 5.91 Å². The summed E-state index contributed by atoms with van der Waals surface area (Å²) in [6, 6.07) is 5.10. The molecule has 0 saturated carbocycles. The van der Waals surface area contributed by atoms with Gasteiger partial charge >= 0.3 is 0 Å². The maximum Gasteiger partial charge on any atom is 0.241 e. The Kier molecular flexibility index (Phi) is 9.28. The van der Waals surface area contributed by atoms with Gasteiger partial charge < -0.3 is 16.0 Å². The van der Waals surface area contributed by atoms with Crippen LogP contribution in [-0.4, -0.2) is 38.0 Å². The molecule has 0 unspecified atom stereocenters. The molecule has 0 bridgehead atoms. The van der Waals surface area contributed by atoms with Crippen molar-refractivity contribution in [2.45, 2.75) is 26.7 Å². The lowest BCUT2D eigenvalue weighted by Gasteiger charge is -2.11. The van der Waals surface area contributed by atoms with E-state index >= 15 is 0 Å². The van der Waals surface area contributed by atoms with Crippen LogP contribution in [0, 0.1) is 5.82 Å². The summed E-state index contributed by atoms with van der Waals surface area (Å²) >= 11 is 3.25. The first-order valence-electron chi connectivity index (χ1n) is 7.79. The van der Waals surface area contributed by atoms with Gasteiger partial charge in [0.05, 0.1) is 0 Å². The molecule has 7 heteroatoms. The molecule has 0 saturated heterocycles. The smallest absolute Gasteiger partial charge is 0.241 e. The minimum atomic E-state index is -0.198. The van der Waals surface area contributed by atoms with Crippen LogP contribution in [0.1, 0.15) is 25.8 Å². The minimum Gasteiger partial charge on any atom is -0.357 e. The lowest BCUT2D eigenvalue weighted by atomic mass is 10.1. The molecular weight excluding hydrogens is 363 g/mol. The van der Waals surface area contributed by atoms with Gasteiger partial charge in [-0.15, -0.1) is 0 Å². The number of aryl methyl sites for hydroxylation is 1. The Hall–Kier alpha value is -1.63. The first-order chi connectivity index (χ1) is 11.1. The molecule has 23 heavy (non-hydrogen) atoms. The average molecular weight is 387 g/mol. The zero-order valence-electron chi connectivity index (χ0n) is 13.6. The molecular formula is C16H24BrFN4O. The van der Waals surface area contributed by atoms with Crippen LogP contribution in [0.2, 0.25) is 0 Å². The second kappa shape index (κ2) is 11.0. The molecule has 0 heterocycles. The fraction of sp³-hybridized carbons (Fsp3) is 0.500. The van der Waals surface area contributed by atoms with E-state index in [1.165, 1.54) is 6.07 Å². The molecule has 128 valence electrons. The van der Waals surface area contributed by atoms with Gasteiger partial charge in [-0.1, -0.05) is 22.0 Å². The second-order valence-electron chi connectivity index (χ2n) is 4.91. The molecule has 1 amide bonds. The zero-order chi connectivity index (χ0) is 17.1. The summed E-state index contributed by atoms with van der Waals surface area (Å²) in [5.74, 6) is 0.285. The molecule has 0 aromatic heterocycles. The number of likely N-dealkylation sites (N-methyl/N-ethyl adjacent to an activating group) is 1. The van der Waals surface area contributed by atoms with Crippen LogP contribution >= 0.6 is 15.9 Å². The number of carbonyl (C=O) groups is 1. The van der Waals surface area contributed by atoms with Gasteiger partial charge in [-0.2, -0.15) is 0 Å². The third kappa shape index (κ3) is 7.97. The Bertz CT molecular complexity index is 537. The quantitative estimate of drug-likeness (QED) is 0.364. The molecule has 1 rings (SSSR count).